The number of aromatic nitrogens is 2. The Balaban J connectivity index is 2.15. The molecule has 2 aromatic heterocycles. The number of ether oxygens (including phenoxy) is 1. The van der Waals surface area contributed by atoms with Gasteiger partial charge in [-0.15, -0.1) is 0 Å². The van der Waals surface area contributed by atoms with Crippen molar-refractivity contribution in [2.75, 3.05) is 6.61 Å². The fourth-order valence-electron chi connectivity index (χ4n) is 1.97. The van der Waals surface area contributed by atoms with E-state index in [9.17, 15) is 9.90 Å². The SMILES string of the molecule is CC(C)C(=O)c1cnn2cc(OCCC(C)(C)O)ccc12. The van der Waals surface area contributed by atoms with E-state index >= 15 is 0 Å². The second-order valence-corrected chi connectivity index (χ2v) is 6.18. The standard InChI is InChI=1S/C16H22N2O3/c1-11(2)15(19)13-9-17-18-10-12(5-6-14(13)18)21-8-7-16(3,4)20/h5-6,9-11,20H,7-8H2,1-4H3. The molecule has 0 unspecified atom stereocenters. The Morgan fingerprint density at radius 1 is 1.43 bits per heavy atom. The first-order chi connectivity index (χ1) is 9.78. The quantitative estimate of drug-likeness (QED) is 0.831. The smallest absolute Gasteiger partial charge is 0.169 e. The molecule has 0 saturated heterocycles. The molecule has 0 amide bonds. The van der Waals surface area contributed by atoms with Crippen molar-refractivity contribution in [2.24, 2.45) is 5.92 Å². The summed E-state index contributed by atoms with van der Waals surface area (Å²) in [4.78, 5) is 12.1. The van der Waals surface area contributed by atoms with E-state index in [1.807, 2.05) is 26.0 Å². The Morgan fingerprint density at radius 3 is 2.76 bits per heavy atom. The number of carbonyl (C=O) groups is 1. The molecular weight excluding hydrogens is 268 g/mol. The minimum Gasteiger partial charge on any atom is -0.492 e. The highest BCUT2D eigenvalue weighted by Gasteiger charge is 2.16. The zero-order chi connectivity index (χ0) is 15.6. The summed E-state index contributed by atoms with van der Waals surface area (Å²) in [7, 11) is 0. The van der Waals surface area contributed by atoms with Gasteiger partial charge in [0.1, 0.15) is 5.75 Å². The van der Waals surface area contributed by atoms with Crippen LogP contribution in [0.15, 0.2) is 24.5 Å². The third-order valence-corrected chi connectivity index (χ3v) is 3.26. The maximum Gasteiger partial charge on any atom is 0.169 e. The first-order valence-electron chi connectivity index (χ1n) is 7.15. The number of aliphatic hydroxyl groups is 1. The van der Waals surface area contributed by atoms with Gasteiger partial charge in [-0.1, -0.05) is 13.8 Å². The van der Waals surface area contributed by atoms with Gasteiger partial charge in [-0.25, -0.2) is 4.52 Å². The molecule has 0 radical (unpaired) electrons. The Bertz CT molecular complexity index is 638. The van der Waals surface area contributed by atoms with Gasteiger partial charge in [0.15, 0.2) is 5.78 Å². The molecule has 0 atom stereocenters. The first-order valence-corrected chi connectivity index (χ1v) is 7.15. The fraction of sp³-hybridized carbons (Fsp3) is 0.500. The van der Waals surface area contributed by atoms with Crippen molar-refractivity contribution in [3.05, 3.63) is 30.1 Å². The van der Waals surface area contributed by atoms with Gasteiger partial charge in [0.2, 0.25) is 0 Å². The topological polar surface area (TPSA) is 63.8 Å². The molecule has 0 fully saturated rings. The number of fused-ring (bicyclic) bond motifs is 1. The van der Waals surface area contributed by atoms with Crippen molar-refractivity contribution < 1.29 is 14.6 Å². The number of carbonyl (C=O) groups excluding carboxylic acids is 1. The van der Waals surface area contributed by atoms with Gasteiger partial charge >= 0.3 is 0 Å². The van der Waals surface area contributed by atoms with Crippen LogP contribution >= 0.6 is 0 Å². The van der Waals surface area contributed by atoms with Crippen LogP contribution in [-0.2, 0) is 0 Å². The van der Waals surface area contributed by atoms with E-state index in [0.29, 0.717) is 24.3 Å². The van der Waals surface area contributed by atoms with Crippen LogP contribution in [-0.4, -0.2) is 32.7 Å². The lowest BCUT2D eigenvalue weighted by Gasteiger charge is -2.17. The number of hydrogen-bond donors (Lipinski definition) is 1. The summed E-state index contributed by atoms with van der Waals surface area (Å²) in [6.07, 6.45) is 3.89. The number of pyridine rings is 1. The number of nitrogens with zero attached hydrogens (tertiary/aromatic N) is 2. The van der Waals surface area contributed by atoms with E-state index in [2.05, 4.69) is 5.10 Å². The Morgan fingerprint density at radius 2 is 2.14 bits per heavy atom. The van der Waals surface area contributed by atoms with E-state index in [1.54, 1.807) is 30.8 Å². The summed E-state index contributed by atoms with van der Waals surface area (Å²) in [6.45, 7) is 7.67. The number of hydrogen-bond acceptors (Lipinski definition) is 4. The minimum atomic E-state index is -0.743. The number of Topliss-reactive ketones (excluding diaryl/α,β-unsaturated/α-hetero) is 1. The Labute approximate surface area is 124 Å². The van der Waals surface area contributed by atoms with E-state index in [0.717, 1.165) is 5.52 Å². The summed E-state index contributed by atoms with van der Waals surface area (Å²) in [6, 6.07) is 3.65. The maximum absolute atomic E-state index is 12.1. The molecule has 0 bridgehead atoms. The van der Waals surface area contributed by atoms with Gasteiger partial charge in [0.25, 0.3) is 0 Å². The largest absolute Gasteiger partial charge is 0.492 e. The van der Waals surface area contributed by atoms with E-state index in [-0.39, 0.29) is 11.7 Å². The highest BCUT2D eigenvalue weighted by atomic mass is 16.5. The van der Waals surface area contributed by atoms with Crippen LogP contribution in [0.3, 0.4) is 0 Å². The molecule has 2 rings (SSSR count). The Hall–Kier alpha value is -1.88. The van der Waals surface area contributed by atoms with Crippen molar-refractivity contribution in [3.63, 3.8) is 0 Å². The molecule has 114 valence electrons. The highest BCUT2D eigenvalue weighted by molar-refractivity contribution is 6.03. The van der Waals surface area contributed by atoms with Gasteiger partial charge in [-0.05, 0) is 26.0 Å². The van der Waals surface area contributed by atoms with Gasteiger partial charge in [0.05, 0.1) is 35.7 Å². The highest BCUT2D eigenvalue weighted by Crippen LogP contribution is 2.19. The number of ketones is 1. The zero-order valence-corrected chi connectivity index (χ0v) is 13.0. The fourth-order valence-corrected chi connectivity index (χ4v) is 1.97. The van der Waals surface area contributed by atoms with Crippen molar-refractivity contribution in [3.8, 4) is 5.75 Å². The molecule has 21 heavy (non-hydrogen) atoms. The molecule has 0 aliphatic heterocycles. The van der Waals surface area contributed by atoms with Crippen LogP contribution in [0.4, 0.5) is 0 Å². The van der Waals surface area contributed by atoms with E-state index in [1.165, 1.54) is 0 Å². The van der Waals surface area contributed by atoms with Crippen LogP contribution in [0.5, 0.6) is 5.75 Å². The lowest BCUT2D eigenvalue weighted by Crippen LogP contribution is -2.21. The van der Waals surface area contributed by atoms with Gasteiger partial charge < -0.3 is 9.84 Å². The average molecular weight is 290 g/mol. The van der Waals surface area contributed by atoms with Crippen LogP contribution in [0.2, 0.25) is 0 Å². The lowest BCUT2D eigenvalue weighted by molar-refractivity contribution is 0.0552. The van der Waals surface area contributed by atoms with Crippen LogP contribution in [0, 0.1) is 5.92 Å². The van der Waals surface area contributed by atoms with Crippen LogP contribution in [0.1, 0.15) is 44.5 Å². The molecule has 2 aromatic rings. The summed E-state index contributed by atoms with van der Waals surface area (Å²) in [5.74, 6) is 0.694. The molecular formula is C16H22N2O3. The van der Waals surface area contributed by atoms with Gasteiger partial charge in [0, 0.05) is 12.3 Å². The maximum atomic E-state index is 12.1. The van der Waals surface area contributed by atoms with Crippen molar-refractivity contribution >= 4 is 11.3 Å². The molecule has 0 aliphatic rings. The molecule has 2 heterocycles. The molecule has 1 N–H and O–H groups in total. The first kappa shape index (κ1) is 15.5. The van der Waals surface area contributed by atoms with E-state index < -0.39 is 5.60 Å². The molecule has 0 spiro atoms. The van der Waals surface area contributed by atoms with Crippen LogP contribution in [0.25, 0.3) is 5.52 Å². The molecule has 0 aromatic carbocycles. The summed E-state index contributed by atoms with van der Waals surface area (Å²) in [5, 5.41) is 13.9. The summed E-state index contributed by atoms with van der Waals surface area (Å²) in [5.41, 5.74) is 0.670. The second-order valence-electron chi connectivity index (χ2n) is 6.18. The molecule has 0 saturated carbocycles. The second kappa shape index (κ2) is 5.85. The van der Waals surface area contributed by atoms with E-state index in [4.69, 9.17) is 4.74 Å². The molecule has 5 nitrogen and oxygen atoms in total. The predicted molar refractivity (Wildman–Crippen MR) is 80.8 cm³/mol. The predicted octanol–water partition coefficient (Wildman–Crippen LogP) is 2.71. The normalized spacial score (nSPS) is 12.1. The third-order valence-electron chi connectivity index (χ3n) is 3.26. The number of rotatable bonds is 6. The zero-order valence-electron chi connectivity index (χ0n) is 13.0. The summed E-state index contributed by atoms with van der Waals surface area (Å²) < 4.78 is 7.25. The lowest BCUT2D eigenvalue weighted by atomic mass is 10.0. The Kier molecular flexibility index (Phi) is 4.32. The minimum absolute atomic E-state index is 0.0549. The molecule has 0 aliphatic carbocycles. The monoisotopic (exact) mass is 290 g/mol. The van der Waals surface area contributed by atoms with Gasteiger partial charge in [-0.3, -0.25) is 4.79 Å². The average Bonchev–Trinajstić information content (AvgIpc) is 2.79. The van der Waals surface area contributed by atoms with Crippen molar-refractivity contribution in [2.45, 2.75) is 39.7 Å². The van der Waals surface area contributed by atoms with Crippen molar-refractivity contribution in [1.29, 1.82) is 0 Å². The van der Waals surface area contributed by atoms with Crippen molar-refractivity contribution in [1.82, 2.24) is 9.61 Å². The molecule has 5 heteroatoms. The third kappa shape index (κ3) is 3.82. The van der Waals surface area contributed by atoms with Gasteiger partial charge in [-0.2, -0.15) is 5.10 Å². The summed E-state index contributed by atoms with van der Waals surface area (Å²) >= 11 is 0. The van der Waals surface area contributed by atoms with Crippen LogP contribution < -0.4 is 4.74 Å².